The van der Waals surface area contributed by atoms with Gasteiger partial charge in [0.1, 0.15) is 6.04 Å². The number of carboxylic acids is 1. The summed E-state index contributed by atoms with van der Waals surface area (Å²) in [5.74, 6) is -0.923. The third-order valence-corrected chi connectivity index (χ3v) is 5.24. The number of aromatic nitrogens is 1. The van der Waals surface area contributed by atoms with E-state index in [2.05, 4.69) is 4.98 Å². The Morgan fingerprint density at radius 3 is 2.67 bits per heavy atom. The van der Waals surface area contributed by atoms with Crippen LogP contribution in [0.2, 0.25) is 0 Å². The molecule has 1 saturated heterocycles. The molecule has 0 bridgehead atoms. The van der Waals surface area contributed by atoms with Crippen molar-refractivity contribution in [3.63, 3.8) is 0 Å². The van der Waals surface area contributed by atoms with Crippen molar-refractivity contribution in [2.75, 3.05) is 29.5 Å². The van der Waals surface area contributed by atoms with E-state index in [4.69, 9.17) is 10.8 Å². The van der Waals surface area contributed by atoms with Crippen LogP contribution in [0.3, 0.4) is 0 Å². The molecular formula is C9H13N3O4S2. The Morgan fingerprint density at radius 2 is 2.11 bits per heavy atom. The molecule has 0 saturated carbocycles. The summed E-state index contributed by atoms with van der Waals surface area (Å²) in [7, 11) is -2.93. The van der Waals surface area contributed by atoms with E-state index in [9.17, 15) is 13.2 Å². The number of aliphatic carboxylic acids is 1. The summed E-state index contributed by atoms with van der Waals surface area (Å²) in [6, 6.07) is -1.14. The fraction of sp³-hybridized carbons (Fsp3) is 0.556. The van der Waals surface area contributed by atoms with Crippen LogP contribution in [0, 0.1) is 0 Å². The molecule has 2 rings (SSSR count). The van der Waals surface area contributed by atoms with Crippen molar-refractivity contribution < 1.29 is 18.3 Å². The fourth-order valence-electron chi connectivity index (χ4n) is 1.59. The van der Waals surface area contributed by atoms with Crippen LogP contribution < -0.4 is 10.6 Å². The first-order chi connectivity index (χ1) is 8.39. The van der Waals surface area contributed by atoms with E-state index in [0.29, 0.717) is 23.9 Å². The highest BCUT2D eigenvalue weighted by atomic mass is 32.2. The summed E-state index contributed by atoms with van der Waals surface area (Å²) in [5, 5.41) is 11.0. The highest BCUT2D eigenvalue weighted by Gasteiger charge is 2.25. The molecule has 1 unspecified atom stereocenters. The summed E-state index contributed by atoms with van der Waals surface area (Å²) in [6.07, 6.45) is 0. The lowest BCUT2D eigenvalue weighted by Gasteiger charge is -2.25. The lowest BCUT2D eigenvalue weighted by atomic mass is 10.2. The Balaban J connectivity index is 2.09. The topological polar surface area (TPSA) is 114 Å². The number of rotatable bonds is 3. The van der Waals surface area contributed by atoms with Crippen molar-refractivity contribution in [2.45, 2.75) is 6.04 Å². The van der Waals surface area contributed by atoms with Gasteiger partial charge in [-0.2, -0.15) is 0 Å². The van der Waals surface area contributed by atoms with Gasteiger partial charge in [0, 0.05) is 18.5 Å². The van der Waals surface area contributed by atoms with Gasteiger partial charge in [0.05, 0.1) is 17.2 Å². The van der Waals surface area contributed by atoms with Gasteiger partial charge >= 0.3 is 5.97 Å². The predicted molar refractivity (Wildman–Crippen MR) is 67.5 cm³/mol. The molecule has 1 aromatic heterocycles. The number of sulfone groups is 1. The molecule has 1 atom stereocenters. The molecule has 0 amide bonds. The molecule has 100 valence electrons. The number of nitrogens with two attached hydrogens (primary N) is 1. The second-order valence-corrected chi connectivity index (χ2v) is 7.15. The van der Waals surface area contributed by atoms with Gasteiger partial charge in [0.2, 0.25) is 0 Å². The van der Waals surface area contributed by atoms with Gasteiger partial charge in [-0.15, -0.1) is 11.3 Å². The summed E-state index contributed by atoms with van der Waals surface area (Å²) < 4.78 is 22.6. The zero-order chi connectivity index (χ0) is 13.3. The van der Waals surface area contributed by atoms with Crippen molar-refractivity contribution in [1.29, 1.82) is 0 Å². The number of carbonyl (C=O) groups is 1. The monoisotopic (exact) mass is 291 g/mol. The highest BCUT2D eigenvalue weighted by molar-refractivity contribution is 7.91. The molecule has 0 aliphatic carbocycles. The first-order valence-electron chi connectivity index (χ1n) is 5.28. The predicted octanol–water partition coefficient (Wildman–Crippen LogP) is -0.538. The lowest BCUT2D eigenvalue weighted by Crippen LogP contribution is -2.40. The number of hydrogen-bond donors (Lipinski definition) is 2. The quantitative estimate of drug-likeness (QED) is 0.769. The van der Waals surface area contributed by atoms with Crippen LogP contribution in [0.15, 0.2) is 5.38 Å². The minimum absolute atomic E-state index is 0.104. The van der Waals surface area contributed by atoms with Crippen molar-refractivity contribution in [1.82, 2.24) is 4.98 Å². The van der Waals surface area contributed by atoms with Crippen LogP contribution in [0.5, 0.6) is 0 Å². The molecule has 2 heterocycles. The Labute approximate surface area is 108 Å². The summed E-state index contributed by atoms with van der Waals surface area (Å²) in [5.41, 5.74) is 5.76. The highest BCUT2D eigenvalue weighted by Crippen LogP contribution is 2.24. The van der Waals surface area contributed by atoms with Gasteiger partial charge in [-0.3, -0.25) is 4.79 Å². The first kappa shape index (κ1) is 13.2. The summed E-state index contributed by atoms with van der Waals surface area (Å²) >= 11 is 1.28. The third kappa shape index (κ3) is 2.79. The molecule has 0 radical (unpaired) electrons. The van der Waals surface area contributed by atoms with E-state index < -0.39 is 21.8 Å². The van der Waals surface area contributed by atoms with Gasteiger partial charge in [-0.1, -0.05) is 0 Å². The van der Waals surface area contributed by atoms with E-state index in [1.165, 1.54) is 11.3 Å². The molecule has 1 aliphatic heterocycles. The lowest BCUT2D eigenvalue weighted by molar-refractivity contribution is -0.138. The van der Waals surface area contributed by atoms with Crippen molar-refractivity contribution in [3.05, 3.63) is 11.1 Å². The number of nitrogens with zero attached hydrogens (tertiary/aromatic N) is 2. The molecule has 9 heteroatoms. The average molecular weight is 291 g/mol. The minimum Gasteiger partial charge on any atom is -0.480 e. The van der Waals surface area contributed by atoms with Crippen LogP contribution >= 0.6 is 11.3 Å². The molecule has 18 heavy (non-hydrogen) atoms. The van der Waals surface area contributed by atoms with Crippen LogP contribution in [-0.2, 0) is 14.6 Å². The normalized spacial score (nSPS) is 20.6. The Kier molecular flexibility index (Phi) is 3.55. The molecule has 1 aliphatic rings. The Morgan fingerprint density at radius 1 is 1.50 bits per heavy atom. The van der Waals surface area contributed by atoms with E-state index in [1.54, 1.807) is 5.38 Å². The van der Waals surface area contributed by atoms with E-state index in [0.717, 1.165) is 0 Å². The maximum Gasteiger partial charge on any atom is 0.326 e. The number of anilines is 1. The number of hydrogen-bond acceptors (Lipinski definition) is 7. The number of carboxylic acid groups (broad SMARTS) is 1. The SMILES string of the molecule is NC(C(=O)O)c1csc(N2CCS(=O)(=O)CC2)n1. The smallest absolute Gasteiger partial charge is 0.326 e. The fourth-order valence-corrected chi connectivity index (χ4v) is 3.71. The zero-order valence-electron chi connectivity index (χ0n) is 9.44. The molecule has 0 aromatic carbocycles. The van der Waals surface area contributed by atoms with Crippen molar-refractivity contribution in [3.8, 4) is 0 Å². The molecular weight excluding hydrogens is 278 g/mol. The summed E-state index contributed by atoms with van der Waals surface area (Å²) in [4.78, 5) is 16.7. The zero-order valence-corrected chi connectivity index (χ0v) is 11.1. The van der Waals surface area contributed by atoms with Crippen LogP contribution in [-0.4, -0.2) is 49.1 Å². The van der Waals surface area contributed by atoms with Crippen LogP contribution in [0.1, 0.15) is 11.7 Å². The average Bonchev–Trinajstić information content (AvgIpc) is 2.77. The maximum atomic E-state index is 11.3. The first-order valence-corrected chi connectivity index (χ1v) is 7.98. The second-order valence-electron chi connectivity index (χ2n) is 4.01. The van der Waals surface area contributed by atoms with E-state index in [-0.39, 0.29) is 11.5 Å². The maximum absolute atomic E-state index is 11.3. The number of thiazole rings is 1. The van der Waals surface area contributed by atoms with Crippen LogP contribution in [0.25, 0.3) is 0 Å². The standard InChI is InChI=1S/C9H13N3O4S2/c10-7(8(13)14)6-5-17-9(11-6)12-1-3-18(15,16)4-2-12/h5,7H,1-4,10H2,(H,13,14). The third-order valence-electron chi connectivity index (χ3n) is 2.71. The van der Waals surface area contributed by atoms with Gasteiger partial charge in [0.25, 0.3) is 0 Å². The Bertz CT molecular complexity index is 540. The van der Waals surface area contributed by atoms with Gasteiger partial charge in [-0.25, -0.2) is 13.4 Å². The molecule has 7 nitrogen and oxygen atoms in total. The summed E-state index contributed by atoms with van der Waals surface area (Å²) in [6.45, 7) is 0.773. The van der Waals surface area contributed by atoms with Crippen LogP contribution in [0.4, 0.5) is 5.13 Å². The molecule has 1 fully saturated rings. The molecule has 3 N–H and O–H groups in total. The van der Waals surface area contributed by atoms with Gasteiger partial charge in [0.15, 0.2) is 15.0 Å². The largest absolute Gasteiger partial charge is 0.480 e. The van der Waals surface area contributed by atoms with Crippen molar-refractivity contribution in [2.24, 2.45) is 5.73 Å². The minimum atomic E-state index is -2.93. The van der Waals surface area contributed by atoms with Gasteiger partial charge in [-0.05, 0) is 0 Å². The Hall–Kier alpha value is -1.19. The van der Waals surface area contributed by atoms with E-state index in [1.807, 2.05) is 4.90 Å². The second kappa shape index (κ2) is 4.82. The van der Waals surface area contributed by atoms with Crippen molar-refractivity contribution >= 4 is 32.3 Å². The van der Waals surface area contributed by atoms with E-state index >= 15 is 0 Å². The molecule has 0 spiro atoms. The molecule has 1 aromatic rings. The van der Waals surface area contributed by atoms with Gasteiger partial charge < -0.3 is 15.7 Å².